The maximum absolute atomic E-state index is 6.05. The van der Waals surface area contributed by atoms with Gasteiger partial charge < -0.3 is 9.30 Å². The molecular weight excluding hydrogens is 282 g/mol. The lowest BCUT2D eigenvalue weighted by molar-refractivity contribution is 0.398. The van der Waals surface area contributed by atoms with Crippen molar-refractivity contribution in [1.82, 2.24) is 14.5 Å². The van der Waals surface area contributed by atoms with Crippen molar-refractivity contribution in [3.8, 4) is 5.88 Å². The lowest BCUT2D eigenvalue weighted by Gasteiger charge is -2.24. The van der Waals surface area contributed by atoms with Crippen molar-refractivity contribution in [3.05, 3.63) is 18.0 Å². The number of hydrogen-bond donors (Lipinski definition) is 0. The molecule has 0 saturated carbocycles. The van der Waals surface area contributed by atoms with E-state index in [9.17, 15) is 0 Å². The molecule has 1 aliphatic rings. The second kappa shape index (κ2) is 5.59. The molecule has 19 heavy (non-hydrogen) atoms. The van der Waals surface area contributed by atoms with Gasteiger partial charge in [-0.15, -0.1) is 11.6 Å². The number of pyridine rings is 1. The topological polar surface area (TPSA) is 39.9 Å². The van der Waals surface area contributed by atoms with E-state index in [1.807, 2.05) is 23.9 Å². The Bertz CT molecular complexity index is 581. The van der Waals surface area contributed by atoms with Gasteiger partial charge in [-0.2, -0.15) is 16.7 Å². The van der Waals surface area contributed by atoms with Crippen LogP contribution in [0.25, 0.3) is 11.2 Å². The fourth-order valence-corrected chi connectivity index (χ4v) is 3.84. The number of halogens is 1. The van der Waals surface area contributed by atoms with Crippen molar-refractivity contribution in [2.45, 2.75) is 24.8 Å². The standard InChI is InChI=1S/C13H16ClN3OS/c1-18-12-5-4-10-13(16-12)17(11(7-14)15-10)9-3-2-6-19-8-9/h4-5,9H,2-3,6-8H2,1H3. The third-order valence-electron chi connectivity index (χ3n) is 3.41. The van der Waals surface area contributed by atoms with E-state index in [1.54, 1.807) is 7.11 Å². The summed E-state index contributed by atoms with van der Waals surface area (Å²) in [4.78, 5) is 9.13. The molecule has 0 bridgehead atoms. The van der Waals surface area contributed by atoms with Gasteiger partial charge in [0.1, 0.15) is 11.3 Å². The smallest absolute Gasteiger partial charge is 0.215 e. The van der Waals surface area contributed by atoms with E-state index in [0.717, 1.165) is 22.7 Å². The molecule has 6 heteroatoms. The van der Waals surface area contributed by atoms with Crippen LogP contribution in [0.15, 0.2) is 12.1 Å². The van der Waals surface area contributed by atoms with Gasteiger partial charge in [0.2, 0.25) is 5.88 Å². The molecule has 3 heterocycles. The molecule has 0 spiro atoms. The summed E-state index contributed by atoms with van der Waals surface area (Å²) in [5, 5.41) is 0. The Balaban J connectivity index is 2.12. The van der Waals surface area contributed by atoms with Crippen molar-refractivity contribution < 1.29 is 4.74 Å². The van der Waals surface area contributed by atoms with Crippen molar-refractivity contribution in [2.24, 2.45) is 0 Å². The molecule has 3 rings (SSSR count). The fourth-order valence-electron chi connectivity index (χ4n) is 2.52. The second-order valence-corrected chi connectivity index (χ2v) is 6.02. The number of aromatic nitrogens is 3. The van der Waals surface area contributed by atoms with Gasteiger partial charge in [-0.05, 0) is 24.7 Å². The molecule has 0 aromatic carbocycles. The monoisotopic (exact) mass is 297 g/mol. The molecule has 1 unspecified atom stereocenters. The normalized spacial score (nSPS) is 19.8. The summed E-state index contributed by atoms with van der Waals surface area (Å²) in [6.45, 7) is 0. The minimum absolute atomic E-state index is 0.417. The first-order valence-corrected chi connectivity index (χ1v) is 8.08. The number of ether oxygens (including phenoxy) is 1. The predicted octanol–water partition coefficient (Wildman–Crippen LogP) is 3.25. The molecule has 1 saturated heterocycles. The summed E-state index contributed by atoms with van der Waals surface area (Å²) in [7, 11) is 1.63. The Morgan fingerprint density at radius 1 is 1.47 bits per heavy atom. The van der Waals surface area contributed by atoms with E-state index in [1.165, 1.54) is 18.6 Å². The highest BCUT2D eigenvalue weighted by molar-refractivity contribution is 7.99. The molecule has 2 aromatic heterocycles. The molecule has 1 atom stereocenters. The lowest BCUT2D eigenvalue weighted by atomic mass is 10.2. The predicted molar refractivity (Wildman–Crippen MR) is 79.2 cm³/mol. The highest BCUT2D eigenvalue weighted by Gasteiger charge is 2.22. The molecule has 0 radical (unpaired) electrons. The van der Waals surface area contributed by atoms with Crippen LogP contribution in [-0.2, 0) is 5.88 Å². The Kier molecular flexibility index (Phi) is 3.84. The number of alkyl halides is 1. The van der Waals surface area contributed by atoms with Gasteiger partial charge in [-0.1, -0.05) is 0 Å². The van der Waals surface area contributed by atoms with Crippen LogP contribution in [0.3, 0.4) is 0 Å². The van der Waals surface area contributed by atoms with Crippen LogP contribution in [0.5, 0.6) is 5.88 Å². The number of thioether (sulfide) groups is 1. The van der Waals surface area contributed by atoms with Gasteiger partial charge >= 0.3 is 0 Å². The lowest BCUT2D eigenvalue weighted by Crippen LogP contribution is -2.18. The van der Waals surface area contributed by atoms with Gasteiger partial charge in [0.25, 0.3) is 0 Å². The molecule has 1 fully saturated rings. The molecule has 4 nitrogen and oxygen atoms in total. The summed E-state index contributed by atoms with van der Waals surface area (Å²) in [5.41, 5.74) is 1.79. The average Bonchev–Trinajstić information content (AvgIpc) is 2.85. The van der Waals surface area contributed by atoms with Crippen LogP contribution < -0.4 is 4.74 Å². The molecule has 1 aliphatic heterocycles. The van der Waals surface area contributed by atoms with Crippen molar-refractivity contribution >= 4 is 34.5 Å². The summed E-state index contributed by atoms with van der Waals surface area (Å²) in [5.74, 6) is 4.30. The maximum Gasteiger partial charge on any atom is 0.215 e. The van der Waals surface area contributed by atoms with E-state index in [0.29, 0.717) is 17.8 Å². The zero-order valence-electron chi connectivity index (χ0n) is 10.8. The van der Waals surface area contributed by atoms with Crippen LogP contribution >= 0.6 is 23.4 Å². The quantitative estimate of drug-likeness (QED) is 0.815. The van der Waals surface area contributed by atoms with Crippen molar-refractivity contribution in [2.75, 3.05) is 18.6 Å². The largest absolute Gasteiger partial charge is 0.481 e. The van der Waals surface area contributed by atoms with Gasteiger partial charge in [0, 0.05) is 17.9 Å². The van der Waals surface area contributed by atoms with E-state index < -0.39 is 0 Å². The minimum atomic E-state index is 0.417. The number of methoxy groups -OCH3 is 1. The minimum Gasteiger partial charge on any atom is -0.481 e. The van der Waals surface area contributed by atoms with Gasteiger partial charge in [0.15, 0.2) is 5.65 Å². The molecular formula is C13H16ClN3OS. The fraction of sp³-hybridized carbons (Fsp3) is 0.538. The third kappa shape index (κ3) is 2.41. The van der Waals surface area contributed by atoms with Gasteiger partial charge in [-0.3, -0.25) is 0 Å². The first-order valence-electron chi connectivity index (χ1n) is 6.39. The number of rotatable bonds is 3. The second-order valence-electron chi connectivity index (χ2n) is 4.60. The first-order chi connectivity index (χ1) is 9.33. The average molecular weight is 298 g/mol. The van der Waals surface area contributed by atoms with Crippen molar-refractivity contribution in [3.63, 3.8) is 0 Å². The Morgan fingerprint density at radius 3 is 3.05 bits per heavy atom. The summed E-state index contributed by atoms with van der Waals surface area (Å²) < 4.78 is 7.42. The number of imidazole rings is 1. The summed E-state index contributed by atoms with van der Waals surface area (Å²) >= 11 is 8.04. The number of hydrogen-bond acceptors (Lipinski definition) is 4. The van der Waals surface area contributed by atoms with Gasteiger partial charge in [-0.25, -0.2) is 4.98 Å². The zero-order valence-corrected chi connectivity index (χ0v) is 12.4. The zero-order chi connectivity index (χ0) is 13.2. The Hall–Kier alpha value is -0.940. The number of nitrogens with zero attached hydrogens (tertiary/aromatic N) is 3. The van der Waals surface area contributed by atoms with Crippen LogP contribution in [0.1, 0.15) is 24.7 Å². The van der Waals surface area contributed by atoms with Crippen LogP contribution in [0.2, 0.25) is 0 Å². The third-order valence-corrected chi connectivity index (χ3v) is 4.85. The molecule has 2 aromatic rings. The molecule has 102 valence electrons. The number of fused-ring (bicyclic) bond motifs is 1. The van der Waals surface area contributed by atoms with E-state index in [2.05, 4.69) is 14.5 Å². The van der Waals surface area contributed by atoms with Gasteiger partial charge in [0.05, 0.1) is 13.0 Å². The first kappa shape index (κ1) is 13.1. The maximum atomic E-state index is 6.05. The SMILES string of the molecule is COc1ccc2nc(CCl)n(C3CCCSC3)c2n1. The molecule has 0 aliphatic carbocycles. The van der Waals surface area contributed by atoms with Crippen molar-refractivity contribution in [1.29, 1.82) is 0 Å². The van der Waals surface area contributed by atoms with E-state index >= 15 is 0 Å². The van der Waals surface area contributed by atoms with Crippen LogP contribution in [0.4, 0.5) is 0 Å². The molecule has 0 N–H and O–H groups in total. The Morgan fingerprint density at radius 2 is 2.37 bits per heavy atom. The Labute approximate surface area is 121 Å². The highest BCUT2D eigenvalue weighted by Crippen LogP contribution is 2.31. The van der Waals surface area contributed by atoms with Crippen LogP contribution in [-0.4, -0.2) is 33.2 Å². The summed E-state index contributed by atoms with van der Waals surface area (Å²) in [6.07, 6.45) is 2.40. The highest BCUT2D eigenvalue weighted by atomic mass is 35.5. The molecule has 0 amide bonds. The van der Waals surface area contributed by atoms with E-state index in [4.69, 9.17) is 16.3 Å². The summed E-state index contributed by atoms with van der Waals surface area (Å²) in [6, 6.07) is 4.23. The van der Waals surface area contributed by atoms with E-state index in [-0.39, 0.29) is 0 Å². The van der Waals surface area contributed by atoms with Crippen LogP contribution in [0, 0.1) is 0 Å².